The molecule has 1 heterocycles. The second-order valence-electron chi connectivity index (χ2n) is 6.58. The summed E-state index contributed by atoms with van der Waals surface area (Å²) in [7, 11) is 0. The average Bonchev–Trinajstić information content (AvgIpc) is 3.16. The lowest BCUT2D eigenvalue weighted by molar-refractivity contribution is -0.170. The molecule has 0 saturated heterocycles. The number of aromatic amines is 1. The van der Waals surface area contributed by atoms with E-state index in [1.807, 2.05) is 48.7 Å². The van der Waals surface area contributed by atoms with Crippen LogP contribution in [-0.4, -0.2) is 46.0 Å². The molecule has 3 aromatic rings. The van der Waals surface area contributed by atoms with Gasteiger partial charge in [-0.15, -0.1) is 0 Å². The minimum Gasteiger partial charge on any atom is -0.395 e. The van der Waals surface area contributed by atoms with E-state index in [4.69, 9.17) is 10.0 Å². The number of hydrogen-bond donors (Lipinski definition) is 4. The van der Waals surface area contributed by atoms with E-state index in [1.165, 1.54) is 17.0 Å². The fraction of sp³-hybridized carbons (Fsp3) is 0.227. The van der Waals surface area contributed by atoms with Crippen LogP contribution < -0.4 is 5.48 Å². The molecule has 1 amide bonds. The summed E-state index contributed by atoms with van der Waals surface area (Å²) in [4.78, 5) is 20.2. The molecular weight excluding hydrogens is 370 g/mol. The van der Waals surface area contributed by atoms with Crippen molar-refractivity contribution in [2.24, 2.45) is 0 Å². The monoisotopic (exact) mass is 395 g/mol. The summed E-state index contributed by atoms with van der Waals surface area (Å²) in [6.45, 7) is 1.46. The van der Waals surface area contributed by atoms with Gasteiger partial charge in [0, 0.05) is 36.3 Å². The molecule has 3 rings (SSSR count). The molecule has 0 saturated carbocycles. The van der Waals surface area contributed by atoms with Crippen LogP contribution >= 0.6 is 0 Å². The van der Waals surface area contributed by atoms with Gasteiger partial charge in [0.05, 0.1) is 13.2 Å². The predicted octanol–water partition coefficient (Wildman–Crippen LogP) is 2.66. The number of fused-ring (bicyclic) bond motifs is 1. The molecule has 0 aliphatic heterocycles. The van der Waals surface area contributed by atoms with Crippen molar-refractivity contribution in [3.8, 4) is 0 Å². The number of carbonyl (C=O) groups excluding carboxylic acids is 1. The average molecular weight is 395 g/mol. The standard InChI is InChI=1S/C22H25N3O4/c26-13-12-25(16-18-7-5-17(6-8-18)9-10-22(27)24-28)29-14-11-19-15-23-21-4-2-1-3-20(19)21/h1-10,15,23,26,28H,11-14,16H2,(H,24,27)/b10-9+. The molecule has 7 nitrogen and oxygen atoms in total. The zero-order valence-electron chi connectivity index (χ0n) is 16.0. The minimum absolute atomic E-state index is 0.00414. The highest BCUT2D eigenvalue weighted by molar-refractivity contribution is 5.90. The van der Waals surface area contributed by atoms with Crippen LogP contribution in [0.25, 0.3) is 17.0 Å². The van der Waals surface area contributed by atoms with Crippen molar-refractivity contribution < 1.29 is 19.9 Å². The highest BCUT2D eigenvalue weighted by Crippen LogP contribution is 2.18. The Kier molecular flexibility index (Phi) is 7.54. The summed E-state index contributed by atoms with van der Waals surface area (Å²) in [5, 5.41) is 20.8. The Bertz CT molecular complexity index is 950. The van der Waals surface area contributed by atoms with Gasteiger partial charge < -0.3 is 10.1 Å². The zero-order chi connectivity index (χ0) is 20.5. The normalized spacial score (nSPS) is 11.6. The largest absolute Gasteiger partial charge is 0.395 e. The number of aliphatic hydroxyl groups excluding tert-OH is 1. The van der Waals surface area contributed by atoms with Crippen molar-refractivity contribution in [3.63, 3.8) is 0 Å². The number of nitrogens with one attached hydrogen (secondary N) is 2. The summed E-state index contributed by atoms with van der Waals surface area (Å²) >= 11 is 0. The fourth-order valence-electron chi connectivity index (χ4n) is 3.07. The third-order valence-corrected chi connectivity index (χ3v) is 4.55. The number of H-pyrrole nitrogens is 1. The van der Waals surface area contributed by atoms with Crippen LogP contribution in [-0.2, 0) is 22.6 Å². The molecule has 29 heavy (non-hydrogen) atoms. The first-order valence-electron chi connectivity index (χ1n) is 9.44. The van der Waals surface area contributed by atoms with E-state index in [2.05, 4.69) is 11.1 Å². The van der Waals surface area contributed by atoms with E-state index in [9.17, 15) is 9.90 Å². The number of nitrogens with zero attached hydrogens (tertiary/aromatic N) is 1. The van der Waals surface area contributed by atoms with Gasteiger partial charge in [0.15, 0.2) is 0 Å². The lowest BCUT2D eigenvalue weighted by Gasteiger charge is -2.21. The molecule has 0 aliphatic rings. The zero-order valence-corrected chi connectivity index (χ0v) is 16.0. The van der Waals surface area contributed by atoms with Gasteiger partial charge in [-0.1, -0.05) is 42.5 Å². The van der Waals surface area contributed by atoms with E-state index in [0.717, 1.165) is 23.1 Å². The molecule has 7 heteroatoms. The predicted molar refractivity (Wildman–Crippen MR) is 111 cm³/mol. The smallest absolute Gasteiger partial charge is 0.267 e. The van der Waals surface area contributed by atoms with Crippen LogP contribution in [0.2, 0.25) is 0 Å². The molecular formula is C22H25N3O4. The van der Waals surface area contributed by atoms with Gasteiger partial charge in [-0.05, 0) is 35.3 Å². The molecule has 4 N–H and O–H groups in total. The fourth-order valence-corrected chi connectivity index (χ4v) is 3.07. The molecule has 0 unspecified atom stereocenters. The molecule has 0 atom stereocenters. The van der Waals surface area contributed by atoms with Gasteiger partial charge in [-0.25, -0.2) is 5.48 Å². The number of para-hydroxylation sites is 1. The topological polar surface area (TPSA) is 97.8 Å². The van der Waals surface area contributed by atoms with Crippen LogP contribution in [0.15, 0.2) is 60.8 Å². The maximum atomic E-state index is 11.0. The third-order valence-electron chi connectivity index (χ3n) is 4.55. The van der Waals surface area contributed by atoms with Gasteiger partial charge in [-0.3, -0.25) is 14.8 Å². The van der Waals surface area contributed by atoms with Gasteiger partial charge in [0.1, 0.15) is 0 Å². The van der Waals surface area contributed by atoms with Crippen molar-refractivity contribution >= 4 is 22.9 Å². The van der Waals surface area contributed by atoms with Crippen LogP contribution in [0.4, 0.5) is 0 Å². The maximum absolute atomic E-state index is 11.0. The van der Waals surface area contributed by atoms with Crippen molar-refractivity contribution in [2.45, 2.75) is 13.0 Å². The lowest BCUT2D eigenvalue weighted by atomic mass is 10.1. The Morgan fingerprint density at radius 3 is 2.72 bits per heavy atom. The third kappa shape index (κ3) is 6.00. The summed E-state index contributed by atoms with van der Waals surface area (Å²) in [6, 6.07) is 15.8. The Balaban J connectivity index is 1.54. The number of amides is 1. The molecule has 2 aromatic carbocycles. The summed E-state index contributed by atoms with van der Waals surface area (Å²) < 4.78 is 0. The number of hydroxylamine groups is 3. The molecule has 0 fully saturated rings. The number of aromatic nitrogens is 1. The Morgan fingerprint density at radius 1 is 1.17 bits per heavy atom. The second kappa shape index (κ2) is 10.5. The minimum atomic E-state index is -0.577. The van der Waals surface area contributed by atoms with Crippen LogP contribution in [0.3, 0.4) is 0 Å². The first-order chi connectivity index (χ1) is 14.2. The van der Waals surface area contributed by atoms with E-state index >= 15 is 0 Å². The quantitative estimate of drug-likeness (QED) is 0.240. The number of hydrogen-bond acceptors (Lipinski definition) is 5. The van der Waals surface area contributed by atoms with Crippen molar-refractivity contribution in [1.29, 1.82) is 0 Å². The Labute approximate surface area is 169 Å². The molecule has 1 aromatic heterocycles. The first-order valence-corrected chi connectivity index (χ1v) is 9.44. The molecule has 152 valence electrons. The summed E-state index contributed by atoms with van der Waals surface area (Å²) in [5.74, 6) is -0.577. The number of carbonyl (C=O) groups is 1. The Morgan fingerprint density at radius 2 is 1.97 bits per heavy atom. The van der Waals surface area contributed by atoms with E-state index in [1.54, 1.807) is 16.6 Å². The summed E-state index contributed by atoms with van der Waals surface area (Å²) in [6.07, 6.45) is 5.63. The van der Waals surface area contributed by atoms with Gasteiger partial charge in [0.25, 0.3) is 5.91 Å². The number of rotatable bonds is 10. The lowest BCUT2D eigenvalue weighted by Crippen LogP contribution is -2.27. The van der Waals surface area contributed by atoms with Crippen LogP contribution in [0, 0.1) is 0 Å². The van der Waals surface area contributed by atoms with Crippen molar-refractivity contribution in [3.05, 3.63) is 77.5 Å². The Hall–Kier alpha value is -2.97. The maximum Gasteiger partial charge on any atom is 0.267 e. The van der Waals surface area contributed by atoms with Crippen molar-refractivity contribution in [1.82, 2.24) is 15.5 Å². The number of benzene rings is 2. The second-order valence-corrected chi connectivity index (χ2v) is 6.58. The SMILES string of the molecule is O=C(/C=C/c1ccc(CN(CCO)OCCc2c[nH]c3ccccc23)cc1)NO. The van der Waals surface area contributed by atoms with E-state index < -0.39 is 5.91 Å². The summed E-state index contributed by atoms with van der Waals surface area (Å²) in [5.41, 5.74) is 5.73. The van der Waals surface area contributed by atoms with Gasteiger partial charge >= 0.3 is 0 Å². The first kappa shape index (κ1) is 20.8. The molecule has 0 spiro atoms. The van der Waals surface area contributed by atoms with Gasteiger partial charge in [0.2, 0.25) is 0 Å². The highest BCUT2D eigenvalue weighted by atomic mass is 16.7. The van der Waals surface area contributed by atoms with Crippen LogP contribution in [0.5, 0.6) is 0 Å². The highest BCUT2D eigenvalue weighted by Gasteiger charge is 2.08. The molecule has 0 radical (unpaired) electrons. The van der Waals surface area contributed by atoms with E-state index in [0.29, 0.717) is 19.7 Å². The van der Waals surface area contributed by atoms with Gasteiger partial charge in [-0.2, -0.15) is 5.06 Å². The van der Waals surface area contributed by atoms with E-state index in [-0.39, 0.29) is 6.61 Å². The molecule has 0 aliphatic carbocycles. The number of aliphatic hydroxyl groups is 1. The van der Waals surface area contributed by atoms with Crippen molar-refractivity contribution in [2.75, 3.05) is 19.8 Å². The molecule has 0 bridgehead atoms. The van der Waals surface area contributed by atoms with Crippen LogP contribution in [0.1, 0.15) is 16.7 Å².